The summed E-state index contributed by atoms with van der Waals surface area (Å²) >= 11 is 0. The summed E-state index contributed by atoms with van der Waals surface area (Å²) < 4.78 is 5.97. The maximum atomic E-state index is 13.1. The first-order chi connectivity index (χ1) is 15.1. The van der Waals surface area contributed by atoms with E-state index in [2.05, 4.69) is 35.8 Å². The van der Waals surface area contributed by atoms with Gasteiger partial charge in [0.25, 0.3) is 0 Å². The summed E-state index contributed by atoms with van der Waals surface area (Å²) in [6.07, 6.45) is 5.52. The molecular weight excluding hydrogens is 388 g/mol. The largest absolute Gasteiger partial charge is 0.372 e. The molecule has 2 unspecified atom stereocenters. The molecule has 1 saturated carbocycles. The van der Waals surface area contributed by atoms with Crippen LogP contribution in [0.5, 0.6) is 0 Å². The summed E-state index contributed by atoms with van der Waals surface area (Å²) in [7, 11) is 0. The Morgan fingerprint density at radius 3 is 2.45 bits per heavy atom. The molecule has 0 spiro atoms. The van der Waals surface area contributed by atoms with Gasteiger partial charge in [-0.2, -0.15) is 0 Å². The molecule has 6 heteroatoms. The van der Waals surface area contributed by atoms with Crippen molar-refractivity contribution in [1.29, 1.82) is 0 Å². The maximum absolute atomic E-state index is 13.1. The van der Waals surface area contributed by atoms with Crippen molar-refractivity contribution in [3.05, 3.63) is 41.6 Å². The van der Waals surface area contributed by atoms with Crippen molar-refractivity contribution >= 4 is 11.7 Å². The van der Waals surface area contributed by atoms with Crippen molar-refractivity contribution < 1.29 is 9.53 Å². The lowest BCUT2D eigenvalue weighted by atomic mass is 10.0. The number of nitrogens with zero attached hydrogens (tertiary/aromatic N) is 4. The van der Waals surface area contributed by atoms with E-state index in [-0.39, 0.29) is 18.1 Å². The lowest BCUT2D eigenvalue weighted by molar-refractivity contribution is -0.136. The van der Waals surface area contributed by atoms with Gasteiger partial charge in [-0.05, 0) is 26.7 Å². The van der Waals surface area contributed by atoms with Gasteiger partial charge in [-0.1, -0.05) is 43.2 Å². The van der Waals surface area contributed by atoms with Crippen LogP contribution in [0.2, 0.25) is 0 Å². The van der Waals surface area contributed by atoms with Crippen molar-refractivity contribution in [3.8, 4) is 11.4 Å². The van der Waals surface area contributed by atoms with E-state index in [0.29, 0.717) is 12.5 Å². The third kappa shape index (κ3) is 4.18. The van der Waals surface area contributed by atoms with Crippen molar-refractivity contribution in [2.75, 3.05) is 24.5 Å². The third-order valence-electron chi connectivity index (χ3n) is 6.81. The van der Waals surface area contributed by atoms with E-state index in [4.69, 9.17) is 14.7 Å². The average Bonchev–Trinajstić information content (AvgIpc) is 3.32. The summed E-state index contributed by atoms with van der Waals surface area (Å²) in [5.74, 6) is 2.29. The minimum atomic E-state index is 0.148. The fourth-order valence-corrected chi connectivity index (χ4v) is 5.34. The molecule has 2 fully saturated rings. The summed E-state index contributed by atoms with van der Waals surface area (Å²) in [6, 6.07) is 10.2. The summed E-state index contributed by atoms with van der Waals surface area (Å²) in [6.45, 7) is 7.21. The maximum Gasteiger partial charge on any atom is 0.225 e. The number of carbonyl (C=O) groups excluding carboxylic acids is 1. The zero-order valence-corrected chi connectivity index (χ0v) is 18.6. The molecule has 1 aromatic carbocycles. The minimum Gasteiger partial charge on any atom is -0.372 e. The smallest absolute Gasteiger partial charge is 0.225 e. The quantitative estimate of drug-likeness (QED) is 0.755. The first kappa shape index (κ1) is 20.4. The van der Waals surface area contributed by atoms with Crippen molar-refractivity contribution in [2.24, 2.45) is 5.92 Å². The van der Waals surface area contributed by atoms with E-state index in [1.165, 1.54) is 12.8 Å². The highest BCUT2D eigenvalue weighted by Crippen LogP contribution is 2.33. The van der Waals surface area contributed by atoms with Gasteiger partial charge in [-0.25, -0.2) is 9.97 Å². The molecule has 0 radical (unpaired) electrons. The number of morpholine rings is 1. The Bertz CT molecular complexity index is 932. The number of rotatable bonds is 3. The second-order valence-electron chi connectivity index (χ2n) is 9.32. The zero-order chi connectivity index (χ0) is 21.4. The topological polar surface area (TPSA) is 58.6 Å². The van der Waals surface area contributed by atoms with Gasteiger partial charge in [-0.15, -0.1) is 0 Å². The second kappa shape index (κ2) is 8.58. The number of anilines is 1. The highest BCUT2D eigenvalue weighted by Gasteiger charge is 2.33. The number of hydrogen-bond acceptors (Lipinski definition) is 5. The normalized spacial score (nSPS) is 24.3. The number of carbonyl (C=O) groups is 1. The van der Waals surface area contributed by atoms with Gasteiger partial charge >= 0.3 is 0 Å². The first-order valence-corrected chi connectivity index (χ1v) is 11.7. The number of fused-ring (bicyclic) bond motifs is 1. The monoisotopic (exact) mass is 420 g/mol. The van der Waals surface area contributed by atoms with E-state index in [9.17, 15) is 4.79 Å². The van der Waals surface area contributed by atoms with E-state index < -0.39 is 0 Å². The summed E-state index contributed by atoms with van der Waals surface area (Å²) in [4.78, 5) is 27.6. The fourth-order valence-electron chi connectivity index (χ4n) is 5.34. The van der Waals surface area contributed by atoms with Crippen molar-refractivity contribution in [3.63, 3.8) is 0 Å². The van der Waals surface area contributed by atoms with Gasteiger partial charge in [-0.3, -0.25) is 4.79 Å². The van der Waals surface area contributed by atoms with Crippen LogP contribution in [0.15, 0.2) is 30.3 Å². The first-order valence-electron chi connectivity index (χ1n) is 11.7. The highest BCUT2D eigenvalue weighted by atomic mass is 16.5. The zero-order valence-electron chi connectivity index (χ0n) is 18.6. The standard InChI is InChI=1S/C25H32N4O2/c1-17-14-29(15-18(2)31-17)24-21-16-28(25(30)20-10-6-7-11-20)13-12-22(21)26-23(27-24)19-8-4-3-5-9-19/h3-5,8-9,17-18,20H,6-7,10-16H2,1-2H3. The molecule has 0 N–H and O–H groups in total. The number of aromatic nitrogens is 2. The molecule has 1 aromatic heterocycles. The Labute approximate surface area is 184 Å². The summed E-state index contributed by atoms with van der Waals surface area (Å²) in [5, 5.41) is 0. The van der Waals surface area contributed by atoms with Gasteiger partial charge in [0, 0.05) is 43.1 Å². The molecule has 1 aliphatic carbocycles. The Hall–Kier alpha value is -2.47. The molecule has 3 heterocycles. The molecule has 6 nitrogen and oxygen atoms in total. The lowest BCUT2D eigenvalue weighted by Crippen LogP contribution is -2.47. The molecule has 0 bridgehead atoms. The Morgan fingerprint density at radius 1 is 1.03 bits per heavy atom. The SMILES string of the molecule is CC1CN(c2nc(-c3ccccc3)nc3c2CN(C(=O)C2CCCC2)CC3)CC(C)O1. The summed E-state index contributed by atoms with van der Waals surface area (Å²) in [5.41, 5.74) is 3.25. The van der Waals surface area contributed by atoms with Gasteiger partial charge in [0.1, 0.15) is 5.82 Å². The number of benzene rings is 1. The van der Waals surface area contributed by atoms with E-state index in [0.717, 1.165) is 67.4 Å². The molecule has 2 atom stereocenters. The van der Waals surface area contributed by atoms with E-state index in [1.807, 2.05) is 18.2 Å². The van der Waals surface area contributed by atoms with Crippen LogP contribution in [0, 0.1) is 5.92 Å². The fraction of sp³-hybridized carbons (Fsp3) is 0.560. The van der Waals surface area contributed by atoms with Gasteiger partial charge in [0.2, 0.25) is 5.91 Å². The molecule has 3 aliphatic rings. The van der Waals surface area contributed by atoms with Crippen molar-refractivity contribution in [2.45, 2.75) is 64.7 Å². The average molecular weight is 421 g/mol. The van der Waals surface area contributed by atoms with Crippen LogP contribution in [0.25, 0.3) is 11.4 Å². The molecular formula is C25H32N4O2. The molecule has 5 rings (SSSR count). The van der Waals surface area contributed by atoms with Crippen LogP contribution in [-0.2, 0) is 22.5 Å². The van der Waals surface area contributed by atoms with Crippen molar-refractivity contribution in [1.82, 2.24) is 14.9 Å². The van der Waals surface area contributed by atoms with Crippen LogP contribution >= 0.6 is 0 Å². The number of ether oxygens (including phenoxy) is 1. The molecule has 2 aromatic rings. The predicted octanol–water partition coefficient (Wildman–Crippen LogP) is 3.83. The Kier molecular flexibility index (Phi) is 5.65. The lowest BCUT2D eigenvalue weighted by Gasteiger charge is -2.39. The Balaban J connectivity index is 1.52. The van der Waals surface area contributed by atoms with Crippen LogP contribution in [-0.4, -0.2) is 52.6 Å². The van der Waals surface area contributed by atoms with Crippen LogP contribution in [0.1, 0.15) is 50.8 Å². The van der Waals surface area contributed by atoms with Gasteiger partial charge in [0.15, 0.2) is 5.82 Å². The van der Waals surface area contributed by atoms with E-state index in [1.54, 1.807) is 0 Å². The van der Waals surface area contributed by atoms with Crippen LogP contribution < -0.4 is 4.90 Å². The minimum absolute atomic E-state index is 0.148. The van der Waals surface area contributed by atoms with Gasteiger partial charge < -0.3 is 14.5 Å². The van der Waals surface area contributed by atoms with Gasteiger partial charge in [0.05, 0.1) is 24.4 Å². The molecule has 1 saturated heterocycles. The highest BCUT2D eigenvalue weighted by molar-refractivity contribution is 5.79. The molecule has 2 aliphatic heterocycles. The van der Waals surface area contributed by atoms with Crippen LogP contribution in [0.3, 0.4) is 0 Å². The third-order valence-corrected chi connectivity index (χ3v) is 6.81. The molecule has 1 amide bonds. The van der Waals surface area contributed by atoms with Crippen LogP contribution in [0.4, 0.5) is 5.82 Å². The molecule has 31 heavy (non-hydrogen) atoms. The number of amides is 1. The second-order valence-corrected chi connectivity index (χ2v) is 9.32. The molecule has 164 valence electrons. The predicted molar refractivity (Wildman–Crippen MR) is 121 cm³/mol. The number of hydrogen-bond donors (Lipinski definition) is 0. The van der Waals surface area contributed by atoms with E-state index >= 15 is 0 Å². The Morgan fingerprint density at radius 2 is 1.74 bits per heavy atom.